The van der Waals surface area contributed by atoms with E-state index in [9.17, 15) is 9.90 Å². The van der Waals surface area contributed by atoms with Gasteiger partial charge in [0, 0.05) is 11.1 Å². The molecule has 25 heavy (non-hydrogen) atoms. The maximum absolute atomic E-state index is 12.2. The first-order valence-electron chi connectivity index (χ1n) is 7.93. The third-order valence-corrected chi connectivity index (χ3v) is 3.84. The van der Waals surface area contributed by atoms with Gasteiger partial charge in [0.1, 0.15) is 5.75 Å². The fraction of sp³-hybridized carbons (Fsp3) is 0.0476. The van der Waals surface area contributed by atoms with Gasteiger partial charge < -0.3 is 5.11 Å². The normalized spacial score (nSPS) is 11.2. The van der Waals surface area contributed by atoms with E-state index >= 15 is 0 Å². The van der Waals surface area contributed by atoms with E-state index in [4.69, 9.17) is 0 Å². The van der Waals surface area contributed by atoms with Crippen molar-refractivity contribution in [2.75, 3.05) is 0 Å². The molecule has 0 aromatic heterocycles. The summed E-state index contributed by atoms with van der Waals surface area (Å²) in [6.07, 6.45) is 0. The van der Waals surface area contributed by atoms with Crippen molar-refractivity contribution in [3.63, 3.8) is 0 Å². The van der Waals surface area contributed by atoms with Gasteiger partial charge in [-0.2, -0.15) is 5.10 Å². The van der Waals surface area contributed by atoms with Crippen LogP contribution in [0.1, 0.15) is 22.8 Å². The number of nitrogens with one attached hydrogen (secondary N) is 1. The van der Waals surface area contributed by atoms with Crippen LogP contribution in [0.4, 0.5) is 0 Å². The molecule has 124 valence electrons. The van der Waals surface area contributed by atoms with Crippen LogP contribution >= 0.6 is 0 Å². The van der Waals surface area contributed by atoms with E-state index in [0.717, 1.165) is 16.7 Å². The lowest BCUT2D eigenvalue weighted by atomic mass is 10.0. The molecule has 4 nitrogen and oxygen atoms in total. The van der Waals surface area contributed by atoms with Gasteiger partial charge in [-0.05, 0) is 42.3 Å². The van der Waals surface area contributed by atoms with Gasteiger partial charge >= 0.3 is 0 Å². The average Bonchev–Trinajstić information content (AvgIpc) is 2.66. The summed E-state index contributed by atoms with van der Waals surface area (Å²) >= 11 is 0. The highest BCUT2D eigenvalue weighted by Crippen LogP contribution is 2.19. The number of phenols is 1. The lowest BCUT2D eigenvalue weighted by Gasteiger charge is -2.05. The maximum Gasteiger partial charge on any atom is 0.271 e. The Bertz CT molecular complexity index is 901. The number of carbonyl (C=O) groups excluding carboxylic acids is 1. The van der Waals surface area contributed by atoms with Crippen molar-refractivity contribution in [3.05, 3.63) is 90.0 Å². The second kappa shape index (κ2) is 7.45. The standard InChI is InChI=1S/C21H18N2O2/c1-15(19-8-5-9-20(24)14-19)22-23-21(25)18-12-10-17(11-13-18)16-6-3-2-4-7-16/h2-14,24H,1H3,(H,23,25). The van der Waals surface area contributed by atoms with Gasteiger partial charge in [0.05, 0.1) is 5.71 Å². The third-order valence-electron chi connectivity index (χ3n) is 3.84. The summed E-state index contributed by atoms with van der Waals surface area (Å²) in [5, 5.41) is 13.6. The summed E-state index contributed by atoms with van der Waals surface area (Å²) in [6.45, 7) is 1.77. The Morgan fingerprint density at radius 1 is 0.840 bits per heavy atom. The van der Waals surface area contributed by atoms with Crippen LogP contribution in [-0.4, -0.2) is 16.7 Å². The summed E-state index contributed by atoms with van der Waals surface area (Å²) in [7, 11) is 0. The van der Waals surface area contributed by atoms with Crippen LogP contribution in [0.2, 0.25) is 0 Å². The molecule has 0 bridgehead atoms. The van der Waals surface area contributed by atoms with Crippen molar-refractivity contribution < 1.29 is 9.90 Å². The van der Waals surface area contributed by atoms with E-state index < -0.39 is 0 Å². The minimum absolute atomic E-state index is 0.162. The quantitative estimate of drug-likeness (QED) is 0.556. The van der Waals surface area contributed by atoms with Crippen LogP contribution in [0, 0.1) is 0 Å². The molecule has 1 amide bonds. The Labute approximate surface area is 146 Å². The number of carbonyl (C=O) groups is 1. The fourth-order valence-electron chi connectivity index (χ4n) is 2.44. The molecular formula is C21H18N2O2. The molecule has 3 aromatic rings. The number of amides is 1. The Kier molecular flexibility index (Phi) is 4.90. The zero-order chi connectivity index (χ0) is 17.6. The number of rotatable bonds is 4. The first-order chi connectivity index (χ1) is 12.1. The number of nitrogens with zero attached hydrogens (tertiary/aromatic N) is 1. The van der Waals surface area contributed by atoms with Gasteiger partial charge in [-0.1, -0.05) is 54.6 Å². The van der Waals surface area contributed by atoms with Crippen molar-refractivity contribution in [2.45, 2.75) is 6.92 Å². The number of phenolic OH excluding ortho intramolecular Hbond substituents is 1. The second-order valence-corrected chi connectivity index (χ2v) is 5.63. The Morgan fingerprint density at radius 2 is 1.52 bits per heavy atom. The second-order valence-electron chi connectivity index (χ2n) is 5.63. The van der Waals surface area contributed by atoms with E-state index in [1.165, 1.54) is 0 Å². The van der Waals surface area contributed by atoms with Gasteiger partial charge in [0.25, 0.3) is 5.91 Å². The van der Waals surface area contributed by atoms with E-state index in [0.29, 0.717) is 11.3 Å². The predicted octanol–water partition coefficient (Wildman–Crippen LogP) is 4.21. The van der Waals surface area contributed by atoms with Gasteiger partial charge in [-0.25, -0.2) is 5.43 Å². The Morgan fingerprint density at radius 3 is 2.20 bits per heavy atom. The molecule has 0 spiro atoms. The molecule has 0 fully saturated rings. The number of hydrogen-bond donors (Lipinski definition) is 2. The van der Waals surface area contributed by atoms with Gasteiger partial charge in [-0.3, -0.25) is 4.79 Å². The average molecular weight is 330 g/mol. The lowest BCUT2D eigenvalue weighted by molar-refractivity contribution is 0.0955. The first kappa shape index (κ1) is 16.5. The minimum atomic E-state index is -0.279. The summed E-state index contributed by atoms with van der Waals surface area (Å²) in [6, 6.07) is 24.1. The molecule has 0 aliphatic heterocycles. The third kappa shape index (κ3) is 4.12. The zero-order valence-corrected chi connectivity index (χ0v) is 13.8. The highest BCUT2D eigenvalue weighted by molar-refractivity contribution is 6.01. The smallest absolute Gasteiger partial charge is 0.271 e. The maximum atomic E-state index is 12.2. The SMILES string of the molecule is CC(=NNC(=O)c1ccc(-c2ccccc2)cc1)c1cccc(O)c1. The van der Waals surface area contributed by atoms with Gasteiger partial charge in [-0.15, -0.1) is 0 Å². The van der Waals surface area contributed by atoms with Crippen LogP contribution in [0.15, 0.2) is 84.0 Å². The van der Waals surface area contributed by atoms with Crippen molar-refractivity contribution >= 4 is 11.6 Å². The summed E-state index contributed by atoms with van der Waals surface area (Å²) < 4.78 is 0. The molecule has 3 aromatic carbocycles. The van der Waals surface area contributed by atoms with Crippen LogP contribution in [-0.2, 0) is 0 Å². The number of hydrogen-bond acceptors (Lipinski definition) is 3. The molecule has 4 heteroatoms. The molecule has 3 rings (SSSR count). The van der Waals surface area contributed by atoms with E-state index in [2.05, 4.69) is 10.5 Å². The van der Waals surface area contributed by atoms with Crippen LogP contribution < -0.4 is 5.43 Å². The van der Waals surface area contributed by atoms with Crippen molar-refractivity contribution in [3.8, 4) is 16.9 Å². The van der Waals surface area contributed by atoms with Crippen LogP contribution in [0.5, 0.6) is 5.75 Å². The topological polar surface area (TPSA) is 61.7 Å². The summed E-state index contributed by atoms with van der Waals surface area (Å²) in [4.78, 5) is 12.2. The van der Waals surface area contributed by atoms with E-state index in [1.807, 2.05) is 48.5 Å². The van der Waals surface area contributed by atoms with Crippen molar-refractivity contribution in [1.82, 2.24) is 5.43 Å². The molecule has 0 saturated heterocycles. The summed E-state index contributed by atoms with van der Waals surface area (Å²) in [5.41, 5.74) is 6.60. The van der Waals surface area contributed by atoms with Gasteiger partial charge in [0.15, 0.2) is 0 Å². The molecule has 0 saturated carbocycles. The van der Waals surface area contributed by atoms with E-state index in [1.54, 1.807) is 37.3 Å². The van der Waals surface area contributed by atoms with Crippen LogP contribution in [0.3, 0.4) is 0 Å². The van der Waals surface area contributed by atoms with Gasteiger partial charge in [0.2, 0.25) is 0 Å². The molecular weight excluding hydrogens is 312 g/mol. The largest absolute Gasteiger partial charge is 0.508 e. The number of aromatic hydroxyl groups is 1. The monoisotopic (exact) mass is 330 g/mol. The Balaban J connectivity index is 1.70. The fourth-order valence-corrected chi connectivity index (χ4v) is 2.44. The molecule has 0 atom stereocenters. The molecule has 0 unspecified atom stereocenters. The summed E-state index contributed by atoms with van der Waals surface area (Å²) in [5.74, 6) is -0.117. The van der Waals surface area contributed by atoms with Crippen molar-refractivity contribution in [2.24, 2.45) is 5.10 Å². The minimum Gasteiger partial charge on any atom is -0.508 e. The highest BCUT2D eigenvalue weighted by Gasteiger charge is 2.06. The molecule has 0 aliphatic carbocycles. The van der Waals surface area contributed by atoms with Crippen molar-refractivity contribution in [1.29, 1.82) is 0 Å². The highest BCUT2D eigenvalue weighted by atomic mass is 16.3. The molecule has 0 radical (unpaired) electrons. The number of hydrazone groups is 1. The lowest BCUT2D eigenvalue weighted by Crippen LogP contribution is -2.19. The first-order valence-corrected chi connectivity index (χ1v) is 7.93. The predicted molar refractivity (Wildman–Crippen MR) is 99.7 cm³/mol. The van der Waals surface area contributed by atoms with E-state index in [-0.39, 0.29) is 11.7 Å². The molecule has 2 N–H and O–H groups in total. The molecule has 0 aliphatic rings. The molecule has 0 heterocycles. The van der Waals surface area contributed by atoms with Crippen LogP contribution in [0.25, 0.3) is 11.1 Å². The number of benzene rings is 3. The zero-order valence-electron chi connectivity index (χ0n) is 13.8. The Hall–Kier alpha value is -3.40.